The molecule has 5 heteroatoms. The van der Waals surface area contributed by atoms with Crippen molar-refractivity contribution >= 4 is 22.4 Å². The molecule has 126 valence electrons. The first kappa shape index (κ1) is 16.0. The first-order valence-corrected chi connectivity index (χ1v) is 9.25. The minimum absolute atomic E-state index is 0.131. The molecule has 0 spiro atoms. The summed E-state index contributed by atoms with van der Waals surface area (Å²) in [5.74, 6) is -0.131. The monoisotopic (exact) mass is 349 g/mol. The molecule has 1 aromatic carbocycles. The summed E-state index contributed by atoms with van der Waals surface area (Å²) in [6.45, 7) is 4.05. The molecular weight excluding hydrogens is 330 g/mol. The number of aromatic nitrogens is 2. The lowest BCUT2D eigenvalue weighted by molar-refractivity contribution is 0.102. The van der Waals surface area contributed by atoms with E-state index < -0.39 is 0 Å². The molecule has 0 radical (unpaired) electrons. The summed E-state index contributed by atoms with van der Waals surface area (Å²) in [4.78, 5) is 22.5. The van der Waals surface area contributed by atoms with Gasteiger partial charge in [-0.15, -0.1) is 0 Å². The molecule has 25 heavy (non-hydrogen) atoms. The van der Waals surface area contributed by atoms with Crippen LogP contribution in [-0.2, 0) is 12.8 Å². The van der Waals surface area contributed by atoms with E-state index in [0.29, 0.717) is 10.7 Å². The molecule has 0 atom stereocenters. The molecule has 1 aliphatic carbocycles. The molecule has 0 saturated carbocycles. The zero-order chi connectivity index (χ0) is 17.4. The number of nitrogens with one attached hydrogen (secondary N) is 1. The van der Waals surface area contributed by atoms with Gasteiger partial charge in [0.25, 0.3) is 5.91 Å². The summed E-state index contributed by atoms with van der Waals surface area (Å²) in [6.07, 6.45) is 6.46. The number of aryl methyl sites for hydroxylation is 3. The van der Waals surface area contributed by atoms with Crippen LogP contribution < -0.4 is 5.32 Å². The summed E-state index contributed by atoms with van der Waals surface area (Å²) in [5, 5.41) is 3.63. The Bertz CT molecular complexity index is 961. The lowest BCUT2D eigenvalue weighted by Gasteiger charge is -2.08. The van der Waals surface area contributed by atoms with E-state index in [1.54, 1.807) is 29.8 Å². The van der Waals surface area contributed by atoms with E-state index in [4.69, 9.17) is 4.98 Å². The predicted octanol–water partition coefficient (Wildman–Crippen LogP) is 4.56. The number of nitrogens with zero attached hydrogens (tertiary/aromatic N) is 2. The molecule has 1 amide bonds. The normalized spacial score (nSPS) is 12.9. The van der Waals surface area contributed by atoms with E-state index >= 15 is 0 Å². The Balaban J connectivity index is 1.69. The molecule has 2 heterocycles. The Hall–Kier alpha value is -2.53. The van der Waals surface area contributed by atoms with E-state index in [9.17, 15) is 4.79 Å². The Kier molecular flexibility index (Phi) is 4.09. The van der Waals surface area contributed by atoms with Crippen LogP contribution in [0.25, 0.3) is 10.4 Å². The lowest BCUT2D eigenvalue weighted by Crippen LogP contribution is -2.13. The fourth-order valence-electron chi connectivity index (χ4n) is 3.36. The largest absolute Gasteiger partial charge is 0.298 e. The zero-order valence-corrected chi connectivity index (χ0v) is 15.1. The third-order valence-electron chi connectivity index (χ3n) is 4.68. The minimum Gasteiger partial charge on any atom is -0.298 e. The zero-order valence-electron chi connectivity index (χ0n) is 14.3. The quantitative estimate of drug-likeness (QED) is 0.738. The van der Waals surface area contributed by atoms with Gasteiger partial charge in [0.15, 0.2) is 5.13 Å². The summed E-state index contributed by atoms with van der Waals surface area (Å²) in [6, 6.07) is 8.17. The van der Waals surface area contributed by atoms with Gasteiger partial charge in [-0.1, -0.05) is 29.5 Å². The number of anilines is 1. The highest BCUT2D eigenvalue weighted by Gasteiger charge is 2.21. The Morgan fingerprint density at radius 2 is 2.04 bits per heavy atom. The number of pyridine rings is 1. The Labute approximate surface area is 151 Å². The summed E-state index contributed by atoms with van der Waals surface area (Å²) >= 11 is 1.57. The van der Waals surface area contributed by atoms with E-state index in [1.165, 1.54) is 21.6 Å². The number of benzene rings is 1. The molecule has 4 nitrogen and oxygen atoms in total. The third-order valence-corrected chi connectivity index (χ3v) is 5.72. The molecule has 3 aromatic rings. The summed E-state index contributed by atoms with van der Waals surface area (Å²) in [7, 11) is 0. The second-order valence-electron chi connectivity index (χ2n) is 6.39. The molecule has 0 aliphatic heterocycles. The molecule has 0 unspecified atom stereocenters. The van der Waals surface area contributed by atoms with Crippen molar-refractivity contribution in [1.82, 2.24) is 9.97 Å². The van der Waals surface area contributed by atoms with Gasteiger partial charge in [0.05, 0.1) is 10.6 Å². The van der Waals surface area contributed by atoms with Gasteiger partial charge in [0.2, 0.25) is 0 Å². The van der Waals surface area contributed by atoms with E-state index in [0.717, 1.165) is 30.5 Å². The number of rotatable bonds is 2. The maximum atomic E-state index is 12.5. The molecule has 2 aromatic heterocycles. The van der Waals surface area contributed by atoms with Crippen LogP contribution in [0.3, 0.4) is 0 Å². The molecule has 0 saturated heterocycles. The highest BCUT2D eigenvalue weighted by atomic mass is 32.1. The fourth-order valence-corrected chi connectivity index (χ4v) is 4.42. The Morgan fingerprint density at radius 1 is 1.16 bits per heavy atom. The summed E-state index contributed by atoms with van der Waals surface area (Å²) in [5.41, 5.74) is 6.60. The van der Waals surface area contributed by atoms with Crippen molar-refractivity contribution in [1.29, 1.82) is 0 Å². The van der Waals surface area contributed by atoms with E-state index in [2.05, 4.69) is 35.4 Å². The van der Waals surface area contributed by atoms with Crippen LogP contribution in [0.2, 0.25) is 0 Å². The SMILES string of the molecule is Cc1cnccc1C(=O)Nc1nc2c(s1)-c1cccc(C)c1CCC2. The van der Waals surface area contributed by atoms with Gasteiger partial charge >= 0.3 is 0 Å². The molecular formula is C20H19N3OS. The topological polar surface area (TPSA) is 54.9 Å². The van der Waals surface area contributed by atoms with Crippen molar-refractivity contribution in [3.8, 4) is 10.4 Å². The molecule has 1 aliphatic rings. The average Bonchev–Trinajstić information content (AvgIpc) is 2.90. The number of amides is 1. The number of thiazole rings is 1. The van der Waals surface area contributed by atoms with Crippen LogP contribution in [0.5, 0.6) is 0 Å². The van der Waals surface area contributed by atoms with Crippen LogP contribution in [0.15, 0.2) is 36.7 Å². The molecule has 4 rings (SSSR count). The predicted molar refractivity (Wildman–Crippen MR) is 101 cm³/mol. The maximum absolute atomic E-state index is 12.5. The molecule has 0 bridgehead atoms. The van der Waals surface area contributed by atoms with Gasteiger partial charge in [-0.2, -0.15) is 0 Å². The third kappa shape index (κ3) is 2.96. The minimum atomic E-state index is -0.131. The van der Waals surface area contributed by atoms with Crippen molar-refractivity contribution < 1.29 is 4.79 Å². The van der Waals surface area contributed by atoms with Crippen molar-refractivity contribution in [3.63, 3.8) is 0 Å². The van der Waals surface area contributed by atoms with Gasteiger partial charge in [0, 0.05) is 18.0 Å². The number of hydrogen-bond acceptors (Lipinski definition) is 4. The highest BCUT2D eigenvalue weighted by Crippen LogP contribution is 2.39. The number of carbonyl (C=O) groups excluding carboxylic acids is 1. The van der Waals surface area contributed by atoms with Crippen LogP contribution in [0.1, 0.15) is 39.2 Å². The van der Waals surface area contributed by atoms with Crippen molar-refractivity contribution in [3.05, 3.63) is 64.6 Å². The lowest BCUT2D eigenvalue weighted by atomic mass is 9.99. The number of carbonyl (C=O) groups is 1. The highest BCUT2D eigenvalue weighted by molar-refractivity contribution is 7.19. The van der Waals surface area contributed by atoms with Crippen LogP contribution in [-0.4, -0.2) is 15.9 Å². The standard InChI is InChI=1S/C20H19N3OS/c1-12-5-3-7-16-14(12)6-4-8-17-18(16)25-20(22-17)23-19(24)15-9-10-21-11-13(15)2/h3,5,7,9-11H,4,6,8H2,1-2H3,(H,22,23,24). The van der Waals surface area contributed by atoms with Gasteiger partial charge in [-0.05, 0) is 61.4 Å². The number of fused-ring (bicyclic) bond motifs is 3. The van der Waals surface area contributed by atoms with Crippen LogP contribution in [0, 0.1) is 13.8 Å². The summed E-state index contributed by atoms with van der Waals surface area (Å²) < 4.78 is 0. The van der Waals surface area contributed by atoms with Gasteiger partial charge in [-0.3, -0.25) is 15.1 Å². The first-order valence-electron chi connectivity index (χ1n) is 8.44. The second kappa shape index (κ2) is 6.41. The van der Waals surface area contributed by atoms with Gasteiger partial charge in [0.1, 0.15) is 0 Å². The molecule has 1 N–H and O–H groups in total. The maximum Gasteiger partial charge on any atom is 0.257 e. The Morgan fingerprint density at radius 3 is 2.88 bits per heavy atom. The van der Waals surface area contributed by atoms with Crippen molar-refractivity contribution in [2.75, 3.05) is 5.32 Å². The first-order chi connectivity index (χ1) is 12.1. The van der Waals surface area contributed by atoms with E-state index in [-0.39, 0.29) is 5.91 Å². The molecule has 0 fully saturated rings. The fraction of sp³-hybridized carbons (Fsp3) is 0.250. The smallest absolute Gasteiger partial charge is 0.257 e. The van der Waals surface area contributed by atoms with E-state index in [1.807, 2.05) is 6.92 Å². The second-order valence-corrected chi connectivity index (χ2v) is 7.39. The van der Waals surface area contributed by atoms with Crippen LogP contribution >= 0.6 is 11.3 Å². The number of hydrogen-bond donors (Lipinski definition) is 1. The van der Waals surface area contributed by atoms with Gasteiger partial charge < -0.3 is 0 Å². The van der Waals surface area contributed by atoms with Crippen molar-refractivity contribution in [2.45, 2.75) is 33.1 Å². The average molecular weight is 349 g/mol. The van der Waals surface area contributed by atoms with Crippen molar-refractivity contribution in [2.24, 2.45) is 0 Å². The van der Waals surface area contributed by atoms with Crippen LogP contribution in [0.4, 0.5) is 5.13 Å². The van der Waals surface area contributed by atoms with Gasteiger partial charge in [-0.25, -0.2) is 4.98 Å².